The average Bonchev–Trinajstić information content (AvgIpc) is 2.38. The summed E-state index contributed by atoms with van der Waals surface area (Å²) in [5, 5.41) is 2.58. The van der Waals surface area contributed by atoms with Crippen LogP contribution in [0.2, 0.25) is 0 Å². The zero-order valence-corrected chi connectivity index (χ0v) is 12.6. The Morgan fingerprint density at radius 1 is 1.35 bits per heavy atom. The van der Waals surface area contributed by atoms with Crippen LogP contribution in [0.25, 0.3) is 0 Å². The van der Waals surface area contributed by atoms with E-state index in [1.165, 1.54) is 0 Å². The molecule has 1 aliphatic rings. The minimum absolute atomic E-state index is 0.0362. The van der Waals surface area contributed by atoms with E-state index >= 15 is 0 Å². The van der Waals surface area contributed by atoms with Gasteiger partial charge in [0, 0.05) is 6.07 Å². The number of nitrogens with one attached hydrogen (secondary N) is 1. The molecule has 0 aromatic heterocycles. The Morgan fingerprint density at radius 2 is 2.00 bits per heavy atom. The Morgan fingerprint density at radius 3 is 2.60 bits per heavy atom. The van der Waals surface area contributed by atoms with Crippen LogP contribution in [0, 0.1) is 11.6 Å². The van der Waals surface area contributed by atoms with E-state index in [0.717, 1.165) is 17.0 Å². The zero-order chi connectivity index (χ0) is 15.1. The van der Waals surface area contributed by atoms with Crippen molar-refractivity contribution in [3.63, 3.8) is 0 Å². The third-order valence-electron chi connectivity index (χ3n) is 3.42. The van der Waals surface area contributed by atoms with Crippen molar-refractivity contribution in [1.29, 1.82) is 0 Å². The van der Waals surface area contributed by atoms with Crippen molar-refractivity contribution in [3.05, 3.63) is 28.2 Å². The summed E-state index contributed by atoms with van der Waals surface area (Å²) in [6, 6.07) is 1.85. The largest absolute Gasteiger partial charge is 0.340 e. The van der Waals surface area contributed by atoms with Crippen LogP contribution in [0.15, 0.2) is 16.6 Å². The summed E-state index contributed by atoms with van der Waals surface area (Å²) in [6.07, 6.45) is 0.356. The lowest BCUT2D eigenvalue weighted by molar-refractivity contribution is -0.135. The summed E-state index contributed by atoms with van der Waals surface area (Å²) in [4.78, 5) is 25.1. The molecule has 0 bridgehead atoms. The van der Waals surface area contributed by atoms with E-state index in [1.54, 1.807) is 13.8 Å². The Kier molecular flexibility index (Phi) is 3.82. The van der Waals surface area contributed by atoms with E-state index < -0.39 is 29.0 Å². The number of hydrogen-bond donors (Lipinski definition) is 1. The summed E-state index contributed by atoms with van der Waals surface area (Å²) in [6.45, 7) is 2.97. The maximum absolute atomic E-state index is 13.9. The molecule has 1 aromatic rings. The molecule has 0 spiro atoms. The van der Waals surface area contributed by atoms with Gasteiger partial charge in [0.2, 0.25) is 5.91 Å². The number of halogens is 3. The van der Waals surface area contributed by atoms with Gasteiger partial charge in [0.15, 0.2) is 0 Å². The highest BCUT2D eigenvalue weighted by Gasteiger charge is 2.42. The van der Waals surface area contributed by atoms with Crippen LogP contribution in [0.1, 0.15) is 20.3 Å². The average molecular weight is 347 g/mol. The molecule has 1 atom stereocenters. The first-order valence-corrected chi connectivity index (χ1v) is 6.85. The highest BCUT2D eigenvalue weighted by Crippen LogP contribution is 2.29. The fraction of sp³-hybridized carbons (Fsp3) is 0.385. The lowest BCUT2D eigenvalue weighted by Gasteiger charge is -2.39. The smallest absolute Gasteiger partial charge is 0.253 e. The van der Waals surface area contributed by atoms with Crippen LogP contribution in [-0.4, -0.2) is 23.9 Å². The van der Waals surface area contributed by atoms with Crippen LogP contribution >= 0.6 is 15.9 Å². The predicted octanol–water partition coefficient (Wildman–Crippen LogP) is 2.36. The fourth-order valence-electron chi connectivity index (χ4n) is 2.07. The highest BCUT2D eigenvalue weighted by atomic mass is 79.9. The minimum atomic E-state index is -1.11. The number of carbonyl (C=O) groups excluding carboxylic acids is 2. The van der Waals surface area contributed by atoms with Crippen molar-refractivity contribution < 1.29 is 18.4 Å². The first-order valence-electron chi connectivity index (χ1n) is 6.06. The molecule has 1 unspecified atom stereocenters. The van der Waals surface area contributed by atoms with Crippen LogP contribution in [0.5, 0.6) is 0 Å². The zero-order valence-electron chi connectivity index (χ0n) is 11.0. The summed E-state index contributed by atoms with van der Waals surface area (Å²) in [5.41, 5.74) is -1.34. The number of hydrogen-bond acceptors (Lipinski definition) is 2. The van der Waals surface area contributed by atoms with Crippen LogP contribution in [-0.2, 0) is 9.59 Å². The van der Waals surface area contributed by atoms with E-state index in [1.807, 2.05) is 0 Å². The fourth-order valence-corrected chi connectivity index (χ4v) is 2.38. The van der Waals surface area contributed by atoms with Crippen molar-refractivity contribution in [2.45, 2.75) is 25.8 Å². The first-order chi connectivity index (χ1) is 9.28. The molecule has 7 heteroatoms. The molecule has 0 aliphatic carbocycles. The topological polar surface area (TPSA) is 49.4 Å². The van der Waals surface area contributed by atoms with Gasteiger partial charge >= 0.3 is 0 Å². The van der Waals surface area contributed by atoms with Gasteiger partial charge in [-0.25, -0.2) is 8.78 Å². The number of rotatable bonds is 2. The van der Waals surface area contributed by atoms with Gasteiger partial charge in [-0.15, -0.1) is 0 Å². The molecule has 0 saturated carbocycles. The molecular weight excluding hydrogens is 334 g/mol. The monoisotopic (exact) mass is 346 g/mol. The van der Waals surface area contributed by atoms with Crippen molar-refractivity contribution in [2.75, 3.05) is 11.4 Å². The van der Waals surface area contributed by atoms with E-state index in [0.29, 0.717) is 6.42 Å². The molecule has 20 heavy (non-hydrogen) atoms. The van der Waals surface area contributed by atoms with Crippen molar-refractivity contribution in [2.24, 2.45) is 0 Å². The Labute approximate surface area is 123 Å². The molecule has 0 radical (unpaired) electrons. The van der Waals surface area contributed by atoms with Gasteiger partial charge in [-0.1, -0.05) is 6.92 Å². The molecule has 1 fully saturated rings. The number of piperazine rings is 1. The number of benzene rings is 1. The lowest BCUT2D eigenvalue weighted by atomic mass is 9.94. The maximum Gasteiger partial charge on any atom is 0.253 e. The van der Waals surface area contributed by atoms with Gasteiger partial charge in [-0.05, 0) is 35.3 Å². The minimum Gasteiger partial charge on any atom is -0.340 e. The Hall–Kier alpha value is -1.50. The van der Waals surface area contributed by atoms with Crippen LogP contribution in [0.4, 0.5) is 14.5 Å². The summed E-state index contributed by atoms with van der Waals surface area (Å²) in [5.74, 6) is -2.32. The lowest BCUT2D eigenvalue weighted by Crippen LogP contribution is -2.65. The molecular formula is C13H13BrF2N2O2. The normalized spacial score (nSPS) is 22.9. The quantitative estimate of drug-likeness (QED) is 0.835. The molecule has 2 rings (SSSR count). The molecule has 4 nitrogen and oxygen atoms in total. The third kappa shape index (κ3) is 2.42. The number of carbonyl (C=O) groups is 2. The van der Waals surface area contributed by atoms with E-state index in [-0.39, 0.29) is 16.7 Å². The van der Waals surface area contributed by atoms with Gasteiger partial charge in [-0.2, -0.15) is 0 Å². The van der Waals surface area contributed by atoms with Gasteiger partial charge in [-0.3, -0.25) is 14.5 Å². The van der Waals surface area contributed by atoms with E-state index in [9.17, 15) is 18.4 Å². The van der Waals surface area contributed by atoms with E-state index in [4.69, 9.17) is 0 Å². The molecule has 1 aliphatic heterocycles. The molecule has 108 valence electrons. The van der Waals surface area contributed by atoms with Crippen molar-refractivity contribution >= 4 is 33.4 Å². The summed E-state index contributed by atoms with van der Waals surface area (Å²) < 4.78 is 27.5. The second kappa shape index (κ2) is 5.12. The second-order valence-corrected chi connectivity index (χ2v) is 5.70. The van der Waals surface area contributed by atoms with Gasteiger partial charge < -0.3 is 5.32 Å². The maximum atomic E-state index is 13.9. The van der Waals surface area contributed by atoms with Crippen LogP contribution in [0.3, 0.4) is 0 Å². The predicted molar refractivity (Wildman–Crippen MR) is 73.2 cm³/mol. The molecule has 1 aromatic carbocycles. The summed E-state index contributed by atoms with van der Waals surface area (Å²) in [7, 11) is 0. The molecule has 1 heterocycles. The standard InChI is InChI=1S/C13H13BrF2N2O2/c1-3-13(2)12(20)18(6-11(19)17-13)10-5-8(15)7(14)4-9(10)16/h4-5H,3,6H2,1-2H3,(H,17,19). The first kappa shape index (κ1) is 14.9. The van der Waals surface area contributed by atoms with Gasteiger partial charge in [0.05, 0.1) is 10.2 Å². The molecule has 2 amide bonds. The van der Waals surface area contributed by atoms with Gasteiger partial charge in [0.1, 0.15) is 23.7 Å². The van der Waals surface area contributed by atoms with Crippen molar-refractivity contribution in [3.8, 4) is 0 Å². The SMILES string of the molecule is CCC1(C)NC(=O)CN(c2cc(F)c(Br)cc2F)C1=O. The van der Waals surface area contributed by atoms with Crippen LogP contribution < -0.4 is 10.2 Å². The third-order valence-corrected chi connectivity index (χ3v) is 4.03. The van der Waals surface area contributed by atoms with Gasteiger partial charge in [0.25, 0.3) is 5.91 Å². The number of amides is 2. The highest BCUT2D eigenvalue weighted by molar-refractivity contribution is 9.10. The number of nitrogens with zero attached hydrogens (tertiary/aromatic N) is 1. The Bertz CT molecular complexity index is 594. The second-order valence-electron chi connectivity index (χ2n) is 4.84. The summed E-state index contributed by atoms with van der Waals surface area (Å²) >= 11 is 2.87. The Balaban J connectivity index is 2.49. The molecule has 1 N–H and O–H groups in total. The number of anilines is 1. The van der Waals surface area contributed by atoms with E-state index in [2.05, 4.69) is 21.2 Å². The molecule has 1 saturated heterocycles. The van der Waals surface area contributed by atoms with Crippen molar-refractivity contribution in [1.82, 2.24) is 5.32 Å².